The van der Waals surface area contributed by atoms with Gasteiger partial charge in [0.15, 0.2) is 0 Å². The average Bonchev–Trinajstić information content (AvgIpc) is 2.36. The molecular weight excluding hydrogens is 208 g/mol. The maximum Gasteiger partial charge on any atom is 0.0632 e. The summed E-state index contributed by atoms with van der Waals surface area (Å²) in [6.07, 6.45) is 9.66. The van der Waals surface area contributed by atoms with Crippen molar-refractivity contribution in [3.05, 3.63) is 71.8 Å². The highest BCUT2D eigenvalue weighted by Crippen LogP contribution is 2.01. The Morgan fingerprint density at radius 2 is 1.65 bits per heavy atom. The second-order valence-electron chi connectivity index (χ2n) is 3.68. The van der Waals surface area contributed by atoms with Gasteiger partial charge in [-0.1, -0.05) is 24.3 Å². The second kappa shape index (κ2) is 5.75. The van der Waals surface area contributed by atoms with Crippen molar-refractivity contribution in [2.75, 3.05) is 0 Å². The molecule has 0 spiro atoms. The zero-order valence-corrected chi connectivity index (χ0v) is 9.75. The number of nitrogens with zero attached hydrogens (tertiary/aromatic N) is 2. The molecule has 0 amide bonds. The summed E-state index contributed by atoms with van der Waals surface area (Å²) in [6.45, 7) is 1.99. The van der Waals surface area contributed by atoms with Gasteiger partial charge < -0.3 is 0 Å². The summed E-state index contributed by atoms with van der Waals surface area (Å²) >= 11 is 0. The molecule has 0 aliphatic rings. The van der Waals surface area contributed by atoms with E-state index in [9.17, 15) is 0 Å². The van der Waals surface area contributed by atoms with Crippen LogP contribution in [0.15, 0.2) is 54.7 Å². The Labute approximate surface area is 101 Å². The Kier molecular flexibility index (Phi) is 3.81. The van der Waals surface area contributed by atoms with Gasteiger partial charge in [0.25, 0.3) is 0 Å². The van der Waals surface area contributed by atoms with E-state index < -0.39 is 0 Å². The summed E-state index contributed by atoms with van der Waals surface area (Å²) in [5.74, 6) is 0. The molecule has 0 aliphatic heterocycles. The summed E-state index contributed by atoms with van der Waals surface area (Å²) in [7, 11) is 0. The predicted octanol–water partition coefficient (Wildman–Crippen LogP) is 3.51. The van der Waals surface area contributed by atoms with Crippen molar-refractivity contribution in [1.29, 1.82) is 0 Å². The van der Waals surface area contributed by atoms with Crippen LogP contribution in [-0.4, -0.2) is 9.97 Å². The van der Waals surface area contributed by atoms with Gasteiger partial charge in [0.2, 0.25) is 0 Å². The largest absolute Gasteiger partial charge is 0.257 e. The van der Waals surface area contributed by atoms with Crippen molar-refractivity contribution in [3.8, 4) is 0 Å². The van der Waals surface area contributed by atoms with Gasteiger partial charge in [-0.05, 0) is 43.3 Å². The van der Waals surface area contributed by atoms with Gasteiger partial charge in [-0.2, -0.15) is 0 Å². The van der Waals surface area contributed by atoms with Crippen LogP contribution in [0.5, 0.6) is 0 Å². The highest BCUT2D eigenvalue weighted by molar-refractivity contribution is 5.53. The average molecular weight is 222 g/mol. The molecule has 0 aromatic carbocycles. The van der Waals surface area contributed by atoms with Crippen LogP contribution in [0.3, 0.4) is 0 Å². The van der Waals surface area contributed by atoms with E-state index in [4.69, 9.17) is 0 Å². The maximum atomic E-state index is 4.38. The topological polar surface area (TPSA) is 25.8 Å². The summed E-state index contributed by atoms with van der Waals surface area (Å²) in [5.41, 5.74) is 2.95. The molecule has 2 aromatic heterocycles. The number of hydrogen-bond acceptors (Lipinski definition) is 2. The minimum absolute atomic E-state index is 0.953. The van der Waals surface area contributed by atoms with E-state index in [1.54, 1.807) is 6.20 Å². The lowest BCUT2D eigenvalue weighted by molar-refractivity contribution is 1.18. The smallest absolute Gasteiger partial charge is 0.0632 e. The number of allylic oxidation sites excluding steroid dienone is 2. The molecule has 84 valence electrons. The first-order chi connectivity index (χ1) is 8.34. The molecule has 0 fully saturated rings. The van der Waals surface area contributed by atoms with E-state index >= 15 is 0 Å². The number of aromatic nitrogens is 2. The lowest BCUT2D eigenvalue weighted by atomic mass is 10.2. The second-order valence-corrected chi connectivity index (χ2v) is 3.68. The van der Waals surface area contributed by atoms with E-state index in [2.05, 4.69) is 9.97 Å². The molecule has 0 bridgehead atoms. The molecule has 0 saturated carbocycles. The van der Waals surface area contributed by atoms with Gasteiger partial charge in [0.1, 0.15) is 0 Å². The van der Waals surface area contributed by atoms with Crippen LogP contribution in [0.25, 0.3) is 12.2 Å². The fourth-order valence-electron chi connectivity index (χ4n) is 1.44. The van der Waals surface area contributed by atoms with Crippen molar-refractivity contribution < 1.29 is 0 Å². The van der Waals surface area contributed by atoms with Crippen LogP contribution in [-0.2, 0) is 0 Å². The highest BCUT2D eigenvalue weighted by Gasteiger charge is 1.87. The van der Waals surface area contributed by atoms with Crippen molar-refractivity contribution in [2.24, 2.45) is 0 Å². The Morgan fingerprint density at radius 1 is 0.882 bits per heavy atom. The van der Waals surface area contributed by atoms with E-state index in [1.165, 1.54) is 0 Å². The third-order valence-corrected chi connectivity index (χ3v) is 2.24. The summed E-state index contributed by atoms with van der Waals surface area (Å²) in [4.78, 5) is 8.58. The fraction of sp³-hybridized carbons (Fsp3) is 0.0667. The van der Waals surface area contributed by atoms with Gasteiger partial charge in [-0.15, -0.1) is 0 Å². The molecule has 2 nitrogen and oxygen atoms in total. The molecule has 0 atom stereocenters. The number of pyridine rings is 2. The lowest BCUT2D eigenvalue weighted by Gasteiger charge is -1.93. The van der Waals surface area contributed by atoms with Gasteiger partial charge in [0.05, 0.1) is 11.4 Å². The molecular formula is C15H14N2. The Balaban J connectivity index is 2.01. The van der Waals surface area contributed by atoms with Crippen LogP contribution in [0.1, 0.15) is 17.1 Å². The molecule has 2 aromatic rings. The Bertz CT molecular complexity index is 528. The van der Waals surface area contributed by atoms with Crippen LogP contribution in [0.2, 0.25) is 0 Å². The van der Waals surface area contributed by atoms with Crippen molar-refractivity contribution in [1.82, 2.24) is 9.97 Å². The van der Waals surface area contributed by atoms with E-state index in [0.717, 1.165) is 17.1 Å². The molecule has 0 aliphatic carbocycles. The fourth-order valence-corrected chi connectivity index (χ4v) is 1.44. The zero-order valence-electron chi connectivity index (χ0n) is 9.75. The van der Waals surface area contributed by atoms with Crippen LogP contribution >= 0.6 is 0 Å². The monoisotopic (exact) mass is 222 g/mol. The maximum absolute atomic E-state index is 4.38. The van der Waals surface area contributed by atoms with Crippen LogP contribution in [0, 0.1) is 6.92 Å². The predicted molar refractivity (Wildman–Crippen MR) is 71.3 cm³/mol. The third-order valence-electron chi connectivity index (χ3n) is 2.24. The number of rotatable bonds is 3. The first kappa shape index (κ1) is 11.3. The first-order valence-corrected chi connectivity index (χ1v) is 5.54. The van der Waals surface area contributed by atoms with Crippen molar-refractivity contribution in [2.45, 2.75) is 6.92 Å². The van der Waals surface area contributed by atoms with Gasteiger partial charge >= 0.3 is 0 Å². The van der Waals surface area contributed by atoms with E-state index in [-0.39, 0.29) is 0 Å². The molecule has 2 heteroatoms. The van der Waals surface area contributed by atoms with Gasteiger partial charge in [-0.25, -0.2) is 0 Å². The normalized spacial score (nSPS) is 11.4. The van der Waals surface area contributed by atoms with Crippen LogP contribution in [0.4, 0.5) is 0 Å². The Morgan fingerprint density at radius 3 is 2.35 bits per heavy atom. The molecule has 0 saturated heterocycles. The van der Waals surface area contributed by atoms with Gasteiger partial charge in [-0.3, -0.25) is 9.97 Å². The molecule has 0 unspecified atom stereocenters. The highest BCUT2D eigenvalue weighted by atomic mass is 14.7. The number of hydrogen-bond donors (Lipinski definition) is 0. The molecule has 0 N–H and O–H groups in total. The van der Waals surface area contributed by atoms with Gasteiger partial charge in [0, 0.05) is 11.9 Å². The SMILES string of the molecule is Cc1cccc(C=CC=Cc2ccccn2)n1. The molecule has 0 radical (unpaired) electrons. The lowest BCUT2D eigenvalue weighted by Crippen LogP contribution is -1.82. The number of aryl methyl sites for hydroxylation is 1. The van der Waals surface area contributed by atoms with Crippen LogP contribution < -0.4 is 0 Å². The van der Waals surface area contributed by atoms with E-state index in [1.807, 2.05) is 67.6 Å². The zero-order chi connectivity index (χ0) is 11.9. The summed E-state index contributed by atoms with van der Waals surface area (Å²) < 4.78 is 0. The molecule has 2 heterocycles. The first-order valence-electron chi connectivity index (χ1n) is 5.54. The summed E-state index contributed by atoms with van der Waals surface area (Å²) in [6, 6.07) is 11.8. The minimum Gasteiger partial charge on any atom is -0.257 e. The minimum atomic E-state index is 0.953. The Hall–Kier alpha value is -2.22. The standard InChI is InChI=1S/C15H14N2/c1-13-7-6-11-15(17-13)10-3-2-8-14-9-4-5-12-16-14/h2-12H,1H3. The van der Waals surface area contributed by atoms with E-state index in [0.29, 0.717) is 0 Å². The van der Waals surface area contributed by atoms with Crippen molar-refractivity contribution >= 4 is 12.2 Å². The molecule has 2 rings (SSSR count). The molecule has 17 heavy (non-hydrogen) atoms. The third kappa shape index (κ3) is 3.68. The summed E-state index contributed by atoms with van der Waals surface area (Å²) in [5, 5.41) is 0. The quantitative estimate of drug-likeness (QED) is 0.743. The van der Waals surface area contributed by atoms with Crippen molar-refractivity contribution in [3.63, 3.8) is 0 Å².